The summed E-state index contributed by atoms with van der Waals surface area (Å²) in [6.07, 6.45) is 0. The van der Waals surface area contributed by atoms with Gasteiger partial charge < -0.3 is 9.22 Å². The first-order chi connectivity index (χ1) is 5.77. The molecule has 0 aliphatic rings. The molecule has 1 N–H and O–H groups in total. The number of hydrogen-bond acceptors (Lipinski definition) is 2. The molecule has 0 saturated heterocycles. The normalized spacial score (nSPS) is 19.2. The fraction of sp³-hybridized carbons (Fsp3) is 0.778. The van der Waals surface area contributed by atoms with Crippen LogP contribution in [-0.2, 0) is 4.43 Å². The molecular formula is C9H22O2Si2. The summed E-state index contributed by atoms with van der Waals surface area (Å²) in [6, 6.07) is 0.832. The van der Waals surface area contributed by atoms with Crippen LogP contribution in [0.15, 0.2) is 12.3 Å². The van der Waals surface area contributed by atoms with Gasteiger partial charge in [-0.1, -0.05) is 12.6 Å². The summed E-state index contributed by atoms with van der Waals surface area (Å²) in [4.78, 5) is 10.2. The van der Waals surface area contributed by atoms with E-state index in [1.807, 2.05) is 33.0 Å². The standard InChI is InChI=1S/C9H22O2Si2/c1-7-12(5)11-9(3,4)13(6,10)8-2/h7,10,12H,1,8H2,2-6H3. The Morgan fingerprint density at radius 3 is 2.38 bits per heavy atom. The van der Waals surface area contributed by atoms with E-state index in [0.29, 0.717) is 0 Å². The van der Waals surface area contributed by atoms with Crippen LogP contribution in [0.4, 0.5) is 0 Å². The Hall–Kier alpha value is 0.0938. The van der Waals surface area contributed by atoms with Crippen LogP contribution in [0.1, 0.15) is 20.8 Å². The highest BCUT2D eigenvalue weighted by molar-refractivity contribution is 6.74. The molecule has 2 unspecified atom stereocenters. The third kappa shape index (κ3) is 3.38. The van der Waals surface area contributed by atoms with E-state index in [-0.39, 0.29) is 5.22 Å². The summed E-state index contributed by atoms with van der Waals surface area (Å²) in [5.74, 6) is 0. The maximum absolute atomic E-state index is 10.2. The Kier molecular flexibility index (Phi) is 4.58. The van der Waals surface area contributed by atoms with Crippen molar-refractivity contribution in [2.45, 2.75) is 45.1 Å². The van der Waals surface area contributed by atoms with Gasteiger partial charge in [0.25, 0.3) is 0 Å². The monoisotopic (exact) mass is 218 g/mol. The van der Waals surface area contributed by atoms with E-state index in [2.05, 4.69) is 13.1 Å². The molecule has 0 aromatic carbocycles. The average Bonchev–Trinajstić information content (AvgIpc) is 2.03. The maximum Gasteiger partial charge on any atom is 0.214 e. The Morgan fingerprint density at radius 1 is 1.62 bits per heavy atom. The maximum atomic E-state index is 10.2. The molecule has 78 valence electrons. The van der Waals surface area contributed by atoms with Crippen molar-refractivity contribution >= 4 is 17.4 Å². The fourth-order valence-electron chi connectivity index (χ4n) is 1.07. The van der Waals surface area contributed by atoms with E-state index in [4.69, 9.17) is 4.43 Å². The largest absolute Gasteiger partial charge is 0.429 e. The van der Waals surface area contributed by atoms with Crippen LogP contribution in [0.2, 0.25) is 19.1 Å². The lowest BCUT2D eigenvalue weighted by molar-refractivity contribution is 0.166. The second-order valence-electron chi connectivity index (χ2n) is 4.20. The van der Waals surface area contributed by atoms with Crippen molar-refractivity contribution in [1.82, 2.24) is 0 Å². The van der Waals surface area contributed by atoms with E-state index in [0.717, 1.165) is 6.04 Å². The van der Waals surface area contributed by atoms with Crippen LogP contribution >= 0.6 is 0 Å². The van der Waals surface area contributed by atoms with Crippen molar-refractivity contribution in [3.8, 4) is 0 Å². The third-order valence-corrected chi connectivity index (χ3v) is 8.75. The molecule has 0 heterocycles. The zero-order chi connectivity index (χ0) is 10.7. The minimum atomic E-state index is -2.22. The van der Waals surface area contributed by atoms with Gasteiger partial charge in [-0.25, -0.2) is 0 Å². The van der Waals surface area contributed by atoms with Crippen LogP contribution in [0.3, 0.4) is 0 Å². The molecule has 0 bridgehead atoms. The average molecular weight is 218 g/mol. The van der Waals surface area contributed by atoms with Crippen LogP contribution < -0.4 is 0 Å². The summed E-state index contributed by atoms with van der Waals surface area (Å²) < 4.78 is 5.88. The van der Waals surface area contributed by atoms with Crippen molar-refractivity contribution < 1.29 is 9.22 Å². The topological polar surface area (TPSA) is 29.5 Å². The smallest absolute Gasteiger partial charge is 0.214 e. The minimum Gasteiger partial charge on any atom is -0.429 e. The molecule has 0 rings (SSSR count). The summed E-state index contributed by atoms with van der Waals surface area (Å²) in [7, 11) is -3.50. The van der Waals surface area contributed by atoms with E-state index in [1.165, 1.54) is 0 Å². The molecule has 2 atom stereocenters. The zero-order valence-corrected chi connectivity index (χ0v) is 11.6. The predicted molar refractivity (Wildman–Crippen MR) is 62.7 cm³/mol. The van der Waals surface area contributed by atoms with Crippen molar-refractivity contribution in [1.29, 1.82) is 0 Å². The van der Waals surface area contributed by atoms with Crippen molar-refractivity contribution in [2.75, 3.05) is 0 Å². The van der Waals surface area contributed by atoms with Crippen LogP contribution in [0, 0.1) is 0 Å². The number of rotatable bonds is 5. The van der Waals surface area contributed by atoms with Gasteiger partial charge in [0.1, 0.15) is 0 Å². The lowest BCUT2D eigenvalue weighted by Crippen LogP contribution is -2.55. The van der Waals surface area contributed by atoms with Gasteiger partial charge in [-0.2, -0.15) is 0 Å². The van der Waals surface area contributed by atoms with Gasteiger partial charge in [0.05, 0.1) is 5.22 Å². The van der Waals surface area contributed by atoms with Gasteiger partial charge in [0.15, 0.2) is 9.04 Å². The first-order valence-electron chi connectivity index (χ1n) is 4.79. The third-order valence-electron chi connectivity index (χ3n) is 2.80. The molecular weight excluding hydrogens is 196 g/mol. The van der Waals surface area contributed by atoms with E-state index in [1.54, 1.807) is 0 Å². The van der Waals surface area contributed by atoms with Gasteiger partial charge in [-0.3, -0.25) is 0 Å². The molecule has 0 fully saturated rings. The molecule has 0 spiro atoms. The SMILES string of the molecule is C=C[SiH](C)OC(C)(C)[Si](C)(O)CC. The Balaban J connectivity index is 4.46. The van der Waals surface area contributed by atoms with Gasteiger partial charge in [0, 0.05) is 0 Å². The summed E-state index contributed by atoms with van der Waals surface area (Å²) in [6.45, 7) is 13.8. The highest BCUT2D eigenvalue weighted by Gasteiger charge is 2.42. The molecule has 0 aliphatic carbocycles. The summed E-state index contributed by atoms with van der Waals surface area (Å²) in [5.41, 5.74) is 1.89. The molecule has 0 aromatic rings. The van der Waals surface area contributed by atoms with Gasteiger partial charge in [-0.15, -0.1) is 6.58 Å². The van der Waals surface area contributed by atoms with Crippen molar-refractivity contribution in [2.24, 2.45) is 0 Å². The molecule has 0 saturated carbocycles. The van der Waals surface area contributed by atoms with E-state index in [9.17, 15) is 4.80 Å². The fourth-order valence-corrected chi connectivity index (χ4v) is 4.52. The van der Waals surface area contributed by atoms with E-state index < -0.39 is 17.4 Å². The lowest BCUT2D eigenvalue weighted by atomic mass is 10.5. The molecule has 2 nitrogen and oxygen atoms in total. The zero-order valence-electron chi connectivity index (χ0n) is 9.42. The summed E-state index contributed by atoms with van der Waals surface area (Å²) in [5, 5.41) is -0.346. The molecule has 0 aliphatic heterocycles. The quantitative estimate of drug-likeness (QED) is 0.715. The summed E-state index contributed by atoms with van der Waals surface area (Å²) >= 11 is 0. The van der Waals surface area contributed by atoms with Gasteiger partial charge in [-0.05, 0) is 33.0 Å². The second kappa shape index (κ2) is 4.55. The van der Waals surface area contributed by atoms with Crippen molar-refractivity contribution in [3.63, 3.8) is 0 Å². The lowest BCUT2D eigenvalue weighted by Gasteiger charge is -2.38. The van der Waals surface area contributed by atoms with Gasteiger partial charge >= 0.3 is 0 Å². The molecule has 0 amide bonds. The highest BCUT2D eigenvalue weighted by Crippen LogP contribution is 2.25. The van der Waals surface area contributed by atoms with Crippen LogP contribution in [0.5, 0.6) is 0 Å². The molecule has 0 aromatic heterocycles. The highest BCUT2D eigenvalue weighted by atomic mass is 28.4. The van der Waals surface area contributed by atoms with Crippen LogP contribution in [-0.4, -0.2) is 27.4 Å². The minimum absolute atomic E-state index is 0.346. The van der Waals surface area contributed by atoms with E-state index >= 15 is 0 Å². The molecule has 4 heteroatoms. The Bertz CT molecular complexity index is 178. The van der Waals surface area contributed by atoms with Crippen LogP contribution in [0.25, 0.3) is 0 Å². The van der Waals surface area contributed by atoms with Gasteiger partial charge in [0.2, 0.25) is 8.32 Å². The first kappa shape index (κ1) is 13.1. The Morgan fingerprint density at radius 2 is 2.08 bits per heavy atom. The van der Waals surface area contributed by atoms with Crippen molar-refractivity contribution in [3.05, 3.63) is 12.3 Å². The first-order valence-corrected chi connectivity index (χ1v) is 9.74. The second-order valence-corrected chi connectivity index (χ2v) is 10.8. The number of hydrogen-bond donors (Lipinski definition) is 1. The molecule has 13 heavy (non-hydrogen) atoms. The molecule has 0 radical (unpaired) electrons. The Labute approximate surface area is 84.5 Å². The predicted octanol–water partition coefficient (Wildman–Crippen LogP) is 1.99.